The number of carbonyl (C=O) groups is 2. The Bertz CT molecular complexity index is 872. The zero-order valence-corrected chi connectivity index (χ0v) is 19.6. The van der Waals surface area contributed by atoms with Crippen molar-refractivity contribution in [2.45, 2.75) is 24.3 Å². The maximum atomic E-state index is 12.6. The lowest BCUT2D eigenvalue weighted by Crippen LogP contribution is -2.46. The highest BCUT2D eigenvalue weighted by Gasteiger charge is 2.36. The van der Waals surface area contributed by atoms with Crippen LogP contribution in [0.15, 0.2) is 60.7 Å². The number of rotatable bonds is 8. The Labute approximate surface area is 198 Å². The van der Waals surface area contributed by atoms with Gasteiger partial charge < -0.3 is 10.6 Å². The van der Waals surface area contributed by atoms with Gasteiger partial charge >= 0.3 is 11.4 Å². The fraction of sp³-hybridized carbons (Fsp3) is 0.364. The molecule has 0 aliphatic carbocycles. The largest absolute Gasteiger partial charge is 0.346 e. The van der Waals surface area contributed by atoms with E-state index in [-0.39, 0.29) is 23.9 Å². The van der Waals surface area contributed by atoms with Gasteiger partial charge in [0.2, 0.25) is 0 Å². The van der Waals surface area contributed by atoms with Gasteiger partial charge in [-0.15, -0.1) is 0 Å². The van der Waals surface area contributed by atoms with E-state index in [9.17, 15) is 13.8 Å². The molecule has 2 fully saturated rings. The zero-order chi connectivity index (χ0) is 22.3. The van der Waals surface area contributed by atoms with Crippen molar-refractivity contribution in [1.29, 1.82) is 0 Å². The fourth-order valence-corrected chi connectivity index (χ4v) is 6.90. The summed E-state index contributed by atoms with van der Waals surface area (Å²) in [6.45, 7) is 0. The van der Waals surface area contributed by atoms with Crippen molar-refractivity contribution in [2.75, 3.05) is 23.0 Å². The van der Waals surface area contributed by atoms with Crippen LogP contribution < -0.4 is 10.6 Å². The molecular formula is C22H24N2O5S3. The van der Waals surface area contributed by atoms with E-state index < -0.39 is 23.6 Å². The van der Waals surface area contributed by atoms with Gasteiger partial charge in [0.1, 0.15) is 12.2 Å². The van der Waals surface area contributed by atoms with Gasteiger partial charge in [-0.2, -0.15) is 27.7 Å². The monoisotopic (exact) mass is 492 g/mol. The molecule has 2 aromatic rings. The predicted molar refractivity (Wildman–Crippen MR) is 128 cm³/mol. The molecule has 0 aromatic heterocycles. The second-order valence-corrected chi connectivity index (χ2v) is 10.4. The van der Waals surface area contributed by atoms with Gasteiger partial charge in [-0.1, -0.05) is 36.4 Å². The Morgan fingerprint density at radius 2 is 1.12 bits per heavy atom. The molecular weight excluding hydrogens is 468 g/mol. The van der Waals surface area contributed by atoms with E-state index >= 15 is 0 Å². The van der Waals surface area contributed by atoms with Crippen molar-refractivity contribution in [1.82, 2.24) is 10.6 Å². The number of hydrogen-bond acceptors (Lipinski definition) is 7. The molecule has 7 nitrogen and oxygen atoms in total. The highest BCUT2D eigenvalue weighted by atomic mass is 32.2. The molecule has 2 heterocycles. The molecule has 2 amide bonds. The molecule has 10 heteroatoms. The molecule has 2 aliphatic rings. The Morgan fingerprint density at radius 1 is 0.719 bits per heavy atom. The first-order valence-corrected chi connectivity index (χ1v) is 13.5. The minimum Gasteiger partial charge on any atom is -0.346 e. The molecule has 2 saturated heterocycles. The van der Waals surface area contributed by atoms with Crippen LogP contribution in [0.1, 0.15) is 20.7 Å². The first kappa shape index (κ1) is 23.3. The van der Waals surface area contributed by atoms with Gasteiger partial charge in [0.05, 0.1) is 12.1 Å². The molecule has 170 valence electrons. The van der Waals surface area contributed by atoms with E-state index in [2.05, 4.69) is 10.6 Å². The number of thioether (sulfide) groups is 2. The molecule has 4 rings (SSSR count). The van der Waals surface area contributed by atoms with E-state index in [4.69, 9.17) is 8.37 Å². The van der Waals surface area contributed by atoms with Gasteiger partial charge in [0.25, 0.3) is 11.8 Å². The Morgan fingerprint density at radius 3 is 1.53 bits per heavy atom. The molecule has 2 aromatic carbocycles. The SMILES string of the molecule is O=C(NC1CSCC1OS(=O)OC1CSCC1NC(=O)c1ccccc1)c1ccccc1. The molecule has 0 radical (unpaired) electrons. The first-order valence-electron chi connectivity index (χ1n) is 10.2. The van der Waals surface area contributed by atoms with Gasteiger partial charge in [0.15, 0.2) is 0 Å². The summed E-state index contributed by atoms with van der Waals surface area (Å²) in [6, 6.07) is 17.4. The summed E-state index contributed by atoms with van der Waals surface area (Å²) < 4.78 is 23.9. The van der Waals surface area contributed by atoms with E-state index in [0.717, 1.165) is 0 Å². The summed E-state index contributed by atoms with van der Waals surface area (Å²) in [5, 5.41) is 5.92. The van der Waals surface area contributed by atoms with Crippen LogP contribution in [-0.4, -0.2) is 63.3 Å². The van der Waals surface area contributed by atoms with E-state index in [0.29, 0.717) is 34.1 Å². The van der Waals surface area contributed by atoms with Crippen LogP contribution in [0.5, 0.6) is 0 Å². The van der Waals surface area contributed by atoms with E-state index in [1.807, 2.05) is 36.4 Å². The van der Waals surface area contributed by atoms with Gasteiger partial charge in [-0.3, -0.25) is 18.0 Å². The summed E-state index contributed by atoms with van der Waals surface area (Å²) in [7, 11) is 0. The molecule has 0 spiro atoms. The Balaban J connectivity index is 1.28. The van der Waals surface area contributed by atoms with Crippen LogP contribution in [0.25, 0.3) is 0 Å². The Kier molecular flexibility index (Phi) is 8.26. The lowest BCUT2D eigenvalue weighted by Gasteiger charge is -2.22. The average Bonchev–Trinajstić information content (AvgIpc) is 3.44. The topological polar surface area (TPSA) is 93.7 Å². The van der Waals surface area contributed by atoms with Crippen LogP contribution in [-0.2, 0) is 19.7 Å². The molecule has 32 heavy (non-hydrogen) atoms. The van der Waals surface area contributed by atoms with Gasteiger partial charge in [-0.25, -0.2) is 0 Å². The highest BCUT2D eigenvalue weighted by molar-refractivity contribution is 7.99. The number of hydrogen-bond donors (Lipinski definition) is 2. The quantitative estimate of drug-likeness (QED) is 0.585. The van der Waals surface area contributed by atoms with Crippen LogP contribution in [0, 0.1) is 0 Å². The molecule has 2 aliphatic heterocycles. The van der Waals surface area contributed by atoms with E-state index in [1.54, 1.807) is 47.8 Å². The third-order valence-corrected chi connectivity index (χ3v) is 8.29. The molecule has 0 saturated carbocycles. The third kappa shape index (κ3) is 6.14. The first-order chi connectivity index (χ1) is 15.6. The highest BCUT2D eigenvalue weighted by Crippen LogP contribution is 2.26. The smallest absolute Gasteiger partial charge is 0.305 e. The predicted octanol–water partition coefficient (Wildman–Crippen LogP) is 2.43. The van der Waals surface area contributed by atoms with Gasteiger partial charge in [0, 0.05) is 34.1 Å². The number of carbonyl (C=O) groups excluding carboxylic acids is 2. The minimum atomic E-state index is -1.99. The fourth-order valence-electron chi connectivity index (χ4n) is 3.44. The molecule has 0 bridgehead atoms. The van der Waals surface area contributed by atoms with Crippen molar-refractivity contribution in [3.05, 3.63) is 71.8 Å². The third-order valence-electron chi connectivity index (χ3n) is 5.17. The molecule has 4 unspecified atom stereocenters. The summed E-state index contributed by atoms with van der Waals surface area (Å²) in [5.41, 5.74) is 1.14. The van der Waals surface area contributed by atoms with Crippen LogP contribution in [0.4, 0.5) is 0 Å². The number of benzene rings is 2. The maximum Gasteiger partial charge on any atom is 0.305 e. The average molecular weight is 493 g/mol. The standard InChI is InChI=1S/C22H24N2O5S3/c25-21(15-7-3-1-4-8-15)23-17-11-30-13-19(17)28-32(27)29-20-14-31-12-18(20)24-22(26)16-9-5-2-6-10-16/h1-10,17-20H,11-14H2,(H,23,25)(H,24,26). The van der Waals surface area contributed by atoms with Crippen molar-refractivity contribution in [3.63, 3.8) is 0 Å². The second-order valence-electron chi connectivity index (χ2n) is 7.44. The maximum absolute atomic E-state index is 12.6. The lowest BCUT2D eigenvalue weighted by molar-refractivity contribution is 0.0873. The van der Waals surface area contributed by atoms with E-state index in [1.165, 1.54) is 0 Å². The normalized spacial score (nSPS) is 25.9. The number of amides is 2. The molecule has 2 N–H and O–H groups in total. The van der Waals surface area contributed by atoms with Crippen LogP contribution >= 0.6 is 23.5 Å². The number of nitrogens with one attached hydrogen (secondary N) is 2. The lowest BCUT2D eigenvalue weighted by atomic mass is 10.1. The van der Waals surface area contributed by atoms with Crippen molar-refractivity contribution in [3.8, 4) is 0 Å². The van der Waals surface area contributed by atoms with Crippen molar-refractivity contribution >= 4 is 46.7 Å². The van der Waals surface area contributed by atoms with Crippen molar-refractivity contribution < 1.29 is 22.2 Å². The minimum absolute atomic E-state index is 0.186. The van der Waals surface area contributed by atoms with Gasteiger partial charge in [-0.05, 0) is 24.3 Å². The molecule has 4 atom stereocenters. The van der Waals surface area contributed by atoms with Crippen LogP contribution in [0.2, 0.25) is 0 Å². The van der Waals surface area contributed by atoms with Crippen LogP contribution in [0.3, 0.4) is 0 Å². The second kappa shape index (κ2) is 11.3. The summed E-state index contributed by atoms with van der Waals surface area (Å²) >= 11 is 1.27. The summed E-state index contributed by atoms with van der Waals surface area (Å²) in [4.78, 5) is 24.9. The van der Waals surface area contributed by atoms with Crippen molar-refractivity contribution in [2.24, 2.45) is 0 Å². The summed E-state index contributed by atoms with van der Waals surface area (Å²) in [6.07, 6.45) is -0.833. The zero-order valence-electron chi connectivity index (χ0n) is 17.2. The Hall–Kier alpha value is -1.85. The summed E-state index contributed by atoms with van der Waals surface area (Å²) in [5.74, 6) is 2.21.